The third-order valence-electron chi connectivity index (χ3n) is 2.28. The van der Waals surface area contributed by atoms with Crippen molar-refractivity contribution in [2.24, 2.45) is 5.41 Å². The number of rotatable bonds is 3. The molecule has 0 aliphatic rings. The van der Waals surface area contributed by atoms with E-state index in [2.05, 4.69) is 6.07 Å². The number of benzene rings is 1. The zero-order chi connectivity index (χ0) is 10.6. The fraction of sp³-hybridized carbons (Fsp3) is 0.417. The van der Waals surface area contributed by atoms with Crippen LogP contribution in [-0.4, -0.2) is 7.11 Å². The van der Waals surface area contributed by atoms with E-state index in [-0.39, 0.29) is 6.10 Å². The Kier molecular flexibility index (Phi) is 3.27. The first-order valence-corrected chi connectivity index (χ1v) is 4.61. The van der Waals surface area contributed by atoms with Crippen LogP contribution in [0.25, 0.3) is 0 Å². The lowest BCUT2D eigenvalue weighted by Crippen LogP contribution is -2.21. The molecule has 0 aromatic heterocycles. The quantitative estimate of drug-likeness (QED) is 0.732. The van der Waals surface area contributed by atoms with E-state index in [1.165, 1.54) is 0 Å². The minimum absolute atomic E-state index is 0.173. The highest BCUT2D eigenvalue weighted by Gasteiger charge is 2.30. The highest BCUT2D eigenvalue weighted by atomic mass is 16.5. The number of nitrogens with zero attached hydrogens (tertiary/aromatic N) is 1. The van der Waals surface area contributed by atoms with Gasteiger partial charge < -0.3 is 4.74 Å². The molecule has 0 radical (unpaired) electrons. The normalized spacial score (nSPS) is 13.3. The van der Waals surface area contributed by atoms with E-state index in [1.807, 2.05) is 44.2 Å². The molecule has 0 heterocycles. The Morgan fingerprint density at radius 1 is 1.29 bits per heavy atom. The average Bonchev–Trinajstić information content (AvgIpc) is 2.20. The van der Waals surface area contributed by atoms with Crippen molar-refractivity contribution >= 4 is 0 Å². The van der Waals surface area contributed by atoms with E-state index in [9.17, 15) is 0 Å². The summed E-state index contributed by atoms with van der Waals surface area (Å²) in [5.41, 5.74) is 0.539. The highest BCUT2D eigenvalue weighted by Crippen LogP contribution is 2.34. The molecular formula is C12H15NO. The average molecular weight is 189 g/mol. The summed E-state index contributed by atoms with van der Waals surface area (Å²) >= 11 is 0. The van der Waals surface area contributed by atoms with E-state index >= 15 is 0 Å². The third kappa shape index (κ3) is 2.12. The molecule has 1 atom stereocenters. The summed E-state index contributed by atoms with van der Waals surface area (Å²) < 4.78 is 5.37. The Morgan fingerprint density at radius 2 is 1.86 bits per heavy atom. The predicted octanol–water partition coefficient (Wildman–Crippen LogP) is 2.92. The van der Waals surface area contributed by atoms with Crippen LogP contribution in [0.15, 0.2) is 30.3 Å². The molecular weight excluding hydrogens is 174 g/mol. The van der Waals surface area contributed by atoms with E-state index in [0.29, 0.717) is 0 Å². The second-order valence-electron chi connectivity index (χ2n) is 3.86. The molecule has 2 nitrogen and oxygen atoms in total. The minimum atomic E-state index is -0.504. The van der Waals surface area contributed by atoms with Crippen molar-refractivity contribution in [1.29, 1.82) is 5.26 Å². The molecule has 0 N–H and O–H groups in total. The minimum Gasteiger partial charge on any atom is -0.375 e. The molecule has 74 valence electrons. The fourth-order valence-electron chi connectivity index (χ4n) is 1.53. The van der Waals surface area contributed by atoms with Crippen LogP contribution in [0.5, 0.6) is 0 Å². The molecule has 0 saturated heterocycles. The third-order valence-corrected chi connectivity index (χ3v) is 2.28. The second kappa shape index (κ2) is 4.26. The Morgan fingerprint density at radius 3 is 2.29 bits per heavy atom. The monoisotopic (exact) mass is 189 g/mol. The molecule has 2 heteroatoms. The van der Waals surface area contributed by atoms with Gasteiger partial charge in [0.2, 0.25) is 0 Å². The smallest absolute Gasteiger partial charge is 0.100 e. The summed E-state index contributed by atoms with van der Waals surface area (Å²) in [5, 5.41) is 9.03. The molecule has 0 bridgehead atoms. The molecule has 0 fully saturated rings. The zero-order valence-corrected chi connectivity index (χ0v) is 8.82. The van der Waals surface area contributed by atoms with Gasteiger partial charge in [-0.3, -0.25) is 0 Å². The molecule has 0 spiro atoms. The van der Waals surface area contributed by atoms with Crippen LogP contribution in [-0.2, 0) is 4.74 Å². The van der Waals surface area contributed by atoms with Crippen molar-refractivity contribution in [2.45, 2.75) is 20.0 Å². The summed E-state index contributed by atoms with van der Waals surface area (Å²) in [6, 6.07) is 12.1. The summed E-state index contributed by atoms with van der Waals surface area (Å²) in [5.74, 6) is 0. The summed E-state index contributed by atoms with van der Waals surface area (Å²) in [6.07, 6.45) is -0.173. The molecule has 1 unspecified atom stereocenters. The Labute approximate surface area is 85.1 Å². The number of hydrogen-bond donors (Lipinski definition) is 0. The maximum absolute atomic E-state index is 9.03. The molecule has 1 rings (SSSR count). The van der Waals surface area contributed by atoms with Gasteiger partial charge in [-0.2, -0.15) is 5.26 Å². The molecule has 1 aromatic rings. The predicted molar refractivity (Wildman–Crippen MR) is 55.6 cm³/mol. The lowest BCUT2D eigenvalue weighted by atomic mass is 9.84. The van der Waals surface area contributed by atoms with Crippen molar-refractivity contribution < 1.29 is 4.74 Å². The van der Waals surface area contributed by atoms with Gasteiger partial charge in [0.05, 0.1) is 11.5 Å². The van der Waals surface area contributed by atoms with Crippen molar-refractivity contribution in [2.75, 3.05) is 7.11 Å². The van der Waals surface area contributed by atoms with Gasteiger partial charge in [-0.15, -0.1) is 0 Å². The van der Waals surface area contributed by atoms with E-state index < -0.39 is 5.41 Å². The van der Waals surface area contributed by atoms with Crippen LogP contribution in [0, 0.1) is 16.7 Å². The highest BCUT2D eigenvalue weighted by molar-refractivity contribution is 5.21. The van der Waals surface area contributed by atoms with Crippen LogP contribution >= 0.6 is 0 Å². The van der Waals surface area contributed by atoms with Crippen LogP contribution in [0.2, 0.25) is 0 Å². The molecule has 1 aromatic carbocycles. The van der Waals surface area contributed by atoms with Gasteiger partial charge in [0.1, 0.15) is 6.10 Å². The van der Waals surface area contributed by atoms with Gasteiger partial charge in [-0.1, -0.05) is 30.3 Å². The lowest BCUT2D eigenvalue weighted by molar-refractivity contribution is 0.0338. The summed E-state index contributed by atoms with van der Waals surface area (Å²) in [4.78, 5) is 0. The SMILES string of the molecule is COC(c1ccccc1)C(C)(C)C#N. The van der Waals surface area contributed by atoms with Gasteiger partial charge in [-0.25, -0.2) is 0 Å². The Bertz CT molecular complexity index is 324. The van der Waals surface area contributed by atoms with Gasteiger partial charge in [-0.05, 0) is 19.4 Å². The molecule has 0 aliphatic heterocycles. The van der Waals surface area contributed by atoms with E-state index in [4.69, 9.17) is 10.00 Å². The standard InChI is InChI=1S/C12H15NO/c1-12(2,9-13)11(14-3)10-7-5-4-6-8-10/h4-8,11H,1-3H3. The van der Waals surface area contributed by atoms with Gasteiger partial charge in [0.15, 0.2) is 0 Å². The fourth-order valence-corrected chi connectivity index (χ4v) is 1.53. The van der Waals surface area contributed by atoms with E-state index in [1.54, 1.807) is 7.11 Å². The van der Waals surface area contributed by atoms with Gasteiger partial charge in [0, 0.05) is 7.11 Å². The Balaban J connectivity index is 3.01. The van der Waals surface area contributed by atoms with Crippen LogP contribution in [0.1, 0.15) is 25.5 Å². The number of hydrogen-bond acceptors (Lipinski definition) is 2. The van der Waals surface area contributed by atoms with Crippen LogP contribution in [0.3, 0.4) is 0 Å². The van der Waals surface area contributed by atoms with Crippen LogP contribution in [0.4, 0.5) is 0 Å². The van der Waals surface area contributed by atoms with Gasteiger partial charge >= 0.3 is 0 Å². The summed E-state index contributed by atoms with van der Waals surface area (Å²) in [7, 11) is 1.64. The first kappa shape index (κ1) is 10.7. The molecule has 14 heavy (non-hydrogen) atoms. The van der Waals surface area contributed by atoms with Crippen molar-refractivity contribution in [3.05, 3.63) is 35.9 Å². The first-order valence-electron chi connectivity index (χ1n) is 4.61. The second-order valence-corrected chi connectivity index (χ2v) is 3.86. The molecule has 0 saturated carbocycles. The van der Waals surface area contributed by atoms with Crippen LogP contribution < -0.4 is 0 Å². The Hall–Kier alpha value is -1.33. The number of methoxy groups -OCH3 is 1. The molecule has 0 amide bonds. The number of nitriles is 1. The maximum atomic E-state index is 9.03. The maximum Gasteiger partial charge on any atom is 0.100 e. The zero-order valence-electron chi connectivity index (χ0n) is 8.82. The molecule has 0 aliphatic carbocycles. The summed E-state index contributed by atoms with van der Waals surface area (Å²) in [6.45, 7) is 3.77. The topological polar surface area (TPSA) is 33.0 Å². The van der Waals surface area contributed by atoms with Gasteiger partial charge in [0.25, 0.3) is 0 Å². The lowest BCUT2D eigenvalue weighted by Gasteiger charge is -2.26. The largest absolute Gasteiger partial charge is 0.375 e. The van der Waals surface area contributed by atoms with Crippen molar-refractivity contribution in [1.82, 2.24) is 0 Å². The number of ether oxygens (including phenoxy) is 1. The first-order chi connectivity index (χ1) is 6.61. The van der Waals surface area contributed by atoms with Crippen molar-refractivity contribution in [3.63, 3.8) is 0 Å². The van der Waals surface area contributed by atoms with E-state index in [0.717, 1.165) is 5.56 Å². The van der Waals surface area contributed by atoms with Crippen molar-refractivity contribution in [3.8, 4) is 6.07 Å².